The second kappa shape index (κ2) is 6.42. The van der Waals surface area contributed by atoms with E-state index in [9.17, 15) is 0 Å². The molecule has 4 nitrogen and oxygen atoms in total. The highest BCUT2D eigenvalue weighted by Crippen LogP contribution is 2.37. The lowest BCUT2D eigenvalue weighted by atomic mass is 9.88. The molecule has 0 bridgehead atoms. The number of hydrogen-bond acceptors (Lipinski definition) is 4. The third-order valence-electron chi connectivity index (χ3n) is 4.68. The lowest BCUT2D eigenvalue weighted by molar-refractivity contribution is -0.0466. The van der Waals surface area contributed by atoms with Crippen molar-refractivity contribution in [2.45, 2.75) is 51.4 Å². The van der Waals surface area contributed by atoms with Crippen LogP contribution in [0.5, 0.6) is 0 Å². The van der Waals surface area contributed by atoms with Crippen LogP contribution in [-0.2, 0) is 16.0 Å². The number of hydrogen-bond donors (Lipinski definition) is 0. The van der Waals surface area contributed by atoms with Crippen LogP contribution in [0.25, 0.3) is 0 Å². The van der Waals surface area contributed by atoms with Gasteiger partial charge in [0.05, 0.1) is 24.0 Å². The zero-order valence-corrected chi connectivity index (χ0v) is 13.2. The van der Waals surface area contributed by atoms with Crippen LogP contribution in [0.4, 0.5) is 0 Å². The second-order valence-electron chi connectivity index (χ2n) is 6.32. The van der Waals surface area contributed by atoms with Crippen LogP contribution in [0, 0.1) is 6.92 Å². The summed E-state index contributed by atoms with van der Waals surface area (Å²) in [5.74, 6) is 0. The molecule has 1 aromatic heterocycles. The minimum absolute atomic E-state index is 0.0797. The van der Waals surface area contributed by atoms with Crippen molar-refractivity contribution in [1.29, 1.82) is 0 Å². The van der Waals surface area contributed by atoms with E-state index < -0.39 is 0 Å². The maximum Gasteiger partial charge on any atom is 0.0836 e. The predicted molar refractivity (Wildman–Crippen MR) is 82.2 cm³/mol. The minimum Gasteiger partial charge on any atom is -0.376 e. The lowest BCUT2D eigenvalue weighted by Crippen LogP contribution is -2.44. The van der Waals surface area contributed by atoms with Gasteiger partial charge in [0.1, 0.15) is 0 Å². The predicted octanol–water partition coefficient (Wildman–Crippen LogP) is 2.55. The molecule has 3 heterocycles. The number of rotatable bonds is 4. The molecule has 0 aromatic carbocycles. The molecule has 0 amide bonds. The van der Waals surface area contributed by atoms with E-state index >= 15 is 0 Å². The molecule has 21 heavy (non-hydrogen) atoms. The number of ether oxygens (including phenoxy) is 2. The van der Waals surface area contributed by atoms with Crippen LogP contribution in [0.1, 0.15) is 37.6 Å². The standard InChI is InChI=1S/C17H26N2O2/c1-3-20-16-11-17(21-13-16)7-9-19(10-8-17)12-15-6-4-5-14(2)18-15/h4-6,16H,3,7-13H2,1-2H3/t16-/m0/s1. The third kappa shape index (κ3) is 3.62. The smallest absolute Gasteiger partial charge is 0.0836 e. The van der Waals surface area contributed by atoms with Crippen LogP contribution in [-0.4, -0.2) is 47.9 Å². The summed E-state index contributed by atoms with van der Waals surface area (Å²) in [5, 5.41) is 0. The maximum absolute atomic E-state index is 6.10. The molecule has 1 aromatic rings. The molecule has 1 atom stereocenters. The van der Waals surface area contributed by atoms with E-state index in [0.717, 1.165) is 57.8 Å². The lowest BCUT2D eigenvalue weighted by Gasteiger charge is -2.38. The monoisotopic (exact) mass is 290 g/mol. The molecule has 2 aliphatic heterocycles. The van der Waals surface area contributed by atoms with Crippen molar-refractivity contribution >= 4 is 0 Å². The van der Waals surface area contributed by atoms with Gasteiger partial charge in [-0.25, -0.2) is 0 Å². The first-order chi connectivity index (χ1) is 10.2. The van der Waals surface area contributed by atoms with Crippen LogP contribution < -0.4 is 0 Å². The van der Waals surface area contributed by atoms with E-state index in [2.05, 4.69) is 41.9 Å². The number of aryl methyl sites for hydroxylation is 1. The fourth-order valence-corrected chi connectivity index (χ4v) is 3.53. The SMILES string of the molecule is CCO[C@@H]1COC2(CCN(Cc3cccc(C)n3)CC2)C1. The zero-order valence-electron chi connectivity index (χ0n) is 13.2. The highest BCUT2D eigenvalue weighted by molar-refractivity contribution is 5.10. The number of pyridine rings is 1. The Morgan fingerprint density at radius 3 is 2.90 bits per heavy atom. The van der Waals surface area contributed by atoms with Gasteiger partial charge in [0.2, 0.25) is 0 Å². The summed E-state index contributed by atoms with van der Waals surface area (Å²) < 4.78 is 11.8. The zero-order chi connectivity index (χ0) is 14.7. The summed E-state index contributed by atoms with van der Waals surface area (Å²) in [7, 11) is 0. The summed E-state index contributed by atoms with van der Waals surface area (Å²) in [5.41, 5.74) is 2.35. The molecule has 0 aliphatic carbocycles. The van der Waals surface area contributed by atoms with Gasteiger partial charge in [-0.15, -0.1) is 0 Å². The fourth-order valence-electron chi connectivity index (χ4n) is 3.53. The first-order valence-corrected chi connectivity index (χ1v) is 8.09. The average molecular weight is 290 g/mol. The number of likely N-dealkylation sites (tertiary alicyclic amines) is 1. The van der Waals surface area contributed by atoms with Gasteiger partial charge < -0.3 is 9.47 Å². The Kier molecular flexibility index (Phi) is 4.57. The molecular weight excluding hydrogens is 264 g/mol. The summed E-state index contributed by atoms with van der Waals surface area (Å²) >= 11 is 0. The first-order valence-electron chi connectivity index (χ1n) is 8.09. The van der Waals surface area contributed by atoms with Crippen LogP contribution >= 0.6 is 0 Å². The molecule has 2 aliphatic rings. The summed E-state index contributed by atoms with van der Waals surface area (Å²) in [4.78, 5) is 7.09. The van der Waals surface area contributed by atoms with Crippen molar-refractivity contribution in [3.8, 4) is 0 Å². The van der Waals surface area contributed by atoms with Crippen molar-refractivity contribution in [3.05, 3.63) is 29.6 Å². The van der Waals surface area contributed by atoms with Crippen molar-refractivity contribution in [2.24, 2.45) is 0 Å². The molecule has 0 unspecified atom stereocenters. The molecule has 2 saturated heterocycles. The Hall–Kier alpha value is -0.970. The van der Waals surface area contributed by atoms with Gasteiger partial charge in [-0.2, -0.15) is 0 Å². The number of nitrogens with zero attached hydrogens (tertiary/aromatic N) is 2. The Morgan fingerprint density at radius 2 is 2.19 bits per heavy atom. The Bertz CT molecular complexity index is 470. The molecule has 4 heteroatoms. The van der Waals surface area contributed by atoms with Crippen molar-refractivity contribution in [2.75, 3.05) is 26.3 Å². The van der Waals surface area contributed by atoms with E-state index in [1.807, 2.05) is 0 Å². The summed E-state index contributed by atoms with van der Waals surface area (Å²) in [6, 6.07) is 6.26. The summed E-state index contributed by atoms with van der Waals surface area (Å²) in [6.07, 6.45) is 3.60. The number of piperidine rings is 1. The van der Waals surface area contributed by atoms with Crippen LogP contribution in [0.15, 0.2) is 18.2 Å². The minimum atomic E-state index is 0.0797. The molecular formula is C17H26N2O2. The van der Waals surface area contributed by atoms with Crippen LogP contribution in [0.2, 0.25) is 0 Å². The Morgan fingerprint density at radius 1 is 1.38 bits per heavy atom. The average Bonchev–Trinajstić information content (AvgIpc) is 2.85. The first kappa shape index (κ1) is 14.9. The van der Waals surface area contributed by atoms with Gasteiger partial charge in [0, 0.05) is 38.4 Å². The largest absolute Gasteiger partial charge is 0.376 e. The topological polar surface area (TPSA) is 34.6 Å². The maximum atomic E-state index is 6.10. The molecule has 2 fully saturated rings. The van der Waals surface area contributed by atoms with E-state index in [1.54, 1.807) is 0 Å². The van der Waals surface area contributed by atoms with Crippen LogP contribution in [0.3, 0.4) is 0 Å². The molecule has 0 N–H and O–H groups in total. The number of aromatic nitrogens is 1. The van der Waals surface area contributed by atoms with Gasteiger partial charge in [0.15, 0.2) is 0 Å². The van der Waals surface area contributed by atoms with Crippen molar-refractivity contribution in [3.63, 3.8) is 0 Å². The molecule has 0 radical (unpaired) electrons. The van der Waals surface area contributed by atoms with E-state index in [1.165, 1.54) is 5.69 Å². The molecule has 116 valence electrons. The van der Waals surface area contributed by atoms with Gasteiger partial charge in [-0.1, -0.05) is 6.07 Å². The Labute approximate surface area is 127 Å². The van der Waals surface area contributed by atoms with Gasteiger partial charge >= 0.3 is 0 Å². The van der Waals surface area contributed by atoms with Gasteiger partial charge in [0.25, 0.3) is 0 Å². The Balaban J connectivity index is 1.51. The quantitative estimate of drug-likeness (QED) is 0.853. The highest BCUT2D eigenvalue weighted by atomic mass is 16.6. The van der Waals surface area contributed by atoms with Crippen molar-refractivity contribution < 1.29 is 9.47 Å². The third-order valence-corrected chi connectivity index (χ3v) is 4.68. The molecule has 3 rings (SSSR count). The fraction of sp³-hybridized carbons (Fsp3) is 0.706. The normalized spacial score (nSPS) is 25.5. The summed E-state index contributed by atoms with van der Waals surface area (Å²) in [6.45, 7) is 8.80. The van der Waals surface area contributed by atoms with E-state index in [-0.39, 0.29) is 5.60 Å². The second-order valence-corrected chi connectivity index (χ2v) is 6.32. The van der Waals surface area contributed by atoms with Gasteiger partial charge in [-0.3, -0.25) is 9.88 Å². The van der Waals surface area contributed by atoms with E-state index in [4.69, 9.17) is 9.47 Å². The highest BCUT2D eigenvalue weighted by Gasteiger charge is 2.42. The van der Waals surface area contributed by atoms with E-state index in [0.29, 0.717) is 6.10 Å². The van der Waals surface area contributed by atoms with Crippen molar-refractivity contribution in [1.82, 2.24) is 9.88 Å². The molecule has 1 spiro atoms. The van der Waals surface area contributed by atoms with Gasteiger partial charge in [-0.05, 0) is 38.8 Å². The molecule has 0 saturated carbocycles.